The van der Waals surface area contributed by atoms with Crippen molar-refractivity contribution in [1.82, 2.24) is 0 Å². The Labute approximate surface area is 204 Å². The van der Waals surface area contributed by atoms with Crippen molar-refractivity contribution in [2.75, 3.05) is 4.90 Å². The topological polar surface area (TPSA) is 118 Å². The standard InChI is InChI=1S/C27H26N2O5S/c1-16(2)18-8-10-19(11-9-18)24-23(25(30)20-6-4-17(3)5-7-20)26(31)27(32)29(24)21-12-14-22(15-13-21)35(28,33)34/h4-16,24,30H,1-3H3,(H2,28,33,34). The summed E-state index contributed by atoms with van der Waals surface area (Å²) in [7, 11) is -3.93. The average molecular weight is 491 g/mol. The molecule has 1 fully saturated rings. The van der Waals surface area contributed by atoms with Gasteiger partial charge in [-0.25, -0.2) is 13.6 Å². The van der Waals surface area contributed by atoms with Crippen molar-refractivity contribution in [2.45, 2.75) is 37.6 Å². The molecule has 35 heavy (non-hydrogen) atoms. The van der Waals surface area contributed by atoms with E-state index in [1.807, 2.05) is 43.3 Å². The third-order valence-corrected chi connectivity index (χ3v) is 7.06. The SMILES string of the molecule is Cc1ccc(C(O)=C2C(=O)C(=O)N(c3ccc(S(N)(=O)=O)cc3)C2c2ccc(C(C)C)cc2)cc1. The molecule has 1 amide bonds. The van der Waals surface area contributed by atoms with E-state index in [0.29, 0.717) is 16.8 Å². The Bertz CT molecular complexity index is 1420. The third-order valence-electron chi connectivity index (χ3n) is 6.13. The van der Waals surface area contributed by atoms with Gasteiger partial charge in [0.15, 0.2) is 0 Å². The molecule has 1 heterocycles. The van der Waals surface area contributed by atoms with Crippen molar-refractivity contribution in [3.8, 4) is 0 Å². The molecule has 4 rings (SSSR count). The summed E-state index contributed by atoms with van der Waals surface area (Å²) < 4.78 is 23.4. The first-order valence-electron chi connectivity index (χ1n) is 11.1. The number of aliphatic hydroxyl groups is 1. The highest BCUT2D eigenvalue weighted by Gasteiger charge is 2.47. The minimum absolute atomic E-state index is 0.0355. The number of nitrogens with zero attached hydrogens (tertiary/aromatic N) is 1. The number of carbonyl (C=O) groups is 2. The number of primary sulfonamides is 1. The molecule has 1 unspecified atom stereocenters. The van der Waals surface area contributed by atoms with Crippen LogP contribution in [0.4, 0.5) is 5.69 Å². The lowest BCUT2D eigenvalue weighted by Gasteiger charge is -2.26. The van der Waals surface area contributed by atoms with E-state index < -0.39 is 27.8 Å². The molecule has 3 aromatic rings. The number of sulfonamides is 1. The van der Waals surface area contributed by atoms with Gasteiger partial charge < -0.3 is 5.11 Å². The third kappa shape index (κ3) is 4.62. The highest BCUT2D eigenvalue weighted by Crippen LogP contribution is 2.42. The Balaban J connectivity index is 1.91. The van der Waals surface area contributed by atoms with Gasteiger partial charge in [0.2, 0.25) is 10.0 Å². The van der Waals surface area contributed by atoms with Gasteiger partial charge in [-0.05, 0) is 48.2 Å². The van der Waals surface area contributed by atoms with Crippen LogP contribution in [0.2, 0.25) is 0 Å². The average Bonchev–Trinajstić information content (AvgIpc) is 3.09. The van der Waals surface area contributed by atoms with Crippen LogP contribution in [0.15, 0.2) is 83.3 Å². The van der Waals surface area contributed by atoms with Crippen LogP contribution in [-0.2, 0) is 19.6 Å². The van der Waals surface area contributed by atoms with Gasteiger partial charge in [0.25, 0.3) is 11.7 Å². The molecule has 1 saturated heterocycles. The first kappa shape index (κ1) is 24.4. The maximum Gasteiger partial charge on any atom is 0.300 e. The zero-order valence-electron chi connectivity index (χ0n) is 19.6. The van der Waals surface area contributed by atoms with Gasteiger partial charge in [-0.2, -0.15) is 0 Å². The minimum Gasteiger partial charge on any atom is -0.507 e. The maximum absolute atomic E-state index is 13.2. The fraction of sp³-hybridized carbons (Fsp3) is 0.185. The second-order valence-corrected chi connectivity index (χ2v) is 10.5. The Kier molecular flexibility index (Phi) is 6.36. The summed E-state index contributed by atoms with van der Waals surface area (Å²) in [5.41, 5.74) is 3.39. The first-order valence-corrected chi connectivity index (χ1v) is 12.6. The normalized spacial score (nSPS) is 17.9. The monoisotopic (exact) mass is 490 g/mol. The number of aryl methyl sites for hydroxylation is 1. The van der Waals surface area contributed by atoms with Crippen LogP contribution >= 0.6 is 0 Å². The van der Waals surface area contributed by atoms with Gasteiger partial charge in [-0.3, -0.25) is 14.5 Å². The molecule has 3 aromatic carbocycles. The Morgan fingerprint density at radius 1 is 0.914 bits per heavy atom. The largest absolute Gasteiger partial charge is 0.507 e. The lowest BCUT2D eigenvalue weighted by atomic mass is 9.93. The van der Waals surface area contributed by atoms with E-state index in [-0.39, 0.29) is 22.1 Å². The molecule has 8 heteroatoms. The summed E-state index contributed by atoms with van der Waals surface area (Å²) in [6.07, 6.45) is 0. The molecule has 180 valence electrons. The van der Waals surface area contributed by atoms with Gasteiger partial charge >= 0.3 is 0 Å². The van der Waals surface area contributed by atoms with Gasteiger partial charge in [-0.15, -0.1) is 0 Å². The highest BCUT2D eigenvalue weighted by atomic mass is 32.2. The maximum atomic E-state index is 13.2. The van der Waals surface area contributed by atoms with E-state index in [4.69, 9.17) is 5.14 Å². The van der Waals surface area contributed by atoms with Crippen LogP contribution in [0, 0.1) is 6.92 Å². The number of benzene rings is 3. The minimum atomic E-state index is -3.93. The second kappa shape index (κ2) is 9.13. The zero-order valence-corrected chi connectivity index (χ0v) is 20.4. The number of aliphatic hydroxyl groups excluding tert-OH is 1. The molecular formula is C27H26N2O5S. The molecule has 0 radical (unpaired) electrons. The number of ketones is 1. The number of carbonyl (C=O) groups excluding carboxylic acids is 2. The fourth-order valence-electron chi connectivity index (χ4n) is 4.14. The van der Waals surface area contributed by atoms with E-state index in [1.54, 1.807) is 12.1 Å². The fourth-order valence-corrected chi connectivity index (χ4v) is 4.66. The predicted octanol–water partition coefficient (Wildman–Crippen LogP) is 4.39. The lowest BCUT2D eigenvalue weighted by molar-refractivity contribution is -0.132. The van der Waals surface area contributed by atoms with Crippen LogP contribution in [0.1, 0.15) is 48.1 Å². The van der Waals surface area contributed by atoms with Crippen molar-refractivity contribution in [1.29, 1.82) is 0 Å². The number of rotatable bonds is 5. The molecular weight excluding hydrogens is 464 g/mol. The Morgan fingerprint density at radius 2 is 1.49 bits per heavy atom. The number of hydrogen-bond donors (Lipinski definition) is 2. The van der Waals surface area contributed by atoms with Gasteiger partial charge in [0.05, 0.1) is 16.5 Å². The van der Waals surface area contributed by atoms with E-state index in [9.17, 15) is 23.1 Å². The summed E-state index contributed by atoms with van der Waals surface area (Å²) in [6.45, 7) is 6.03. The van der Waals surface area contributed by atoms with Gasteiger partial charge in [0, 0.05) is 11.3 Å². The van der Waals surface area contributed by atoms with E-state index in [0.717, 1.165) is 11.1 Å². The smallest absolute Gasteiger partial charge is 0.300 e. The number of hydrogen-bond acceptors (Lipinski definition) is 5. The van der Waals surface area contributed by atoms with Gasteiger partial charge in [-0.1, -0.05) is 67.9 Å². The summed E-state index contributed by atoms with van der Waals surface area (Å²) in [5.74, 6) is -1.63. The highest BCUT2D eigenvalue weighted by molar-refractivity contribution is 7.89. The van der Waals surface area contributed by atoms with Crippen LogP contribution in [0.25, 0.3) is 5.76 Å². The van der Waals surface area contributed by atoms with Crippen molar-refractivity contribution >= 4 is 33.2 Å². The molecule has 1 aliphatic heterocycles. The number of nitrogens with two attached hydrogens (primary N) is 1. The number of amides is 1. The molecule has 0 aromatic heterocycles. The zero-order chi connectivity index (χ0) is 25.5. The Hall–Kier alpha value is -3.75. The quantitative estimate of drug-likeness (QED) is 0.312. The molecule has 3 N–H and O–H groups in total. The molecule has 1 aliphatic rings. The van der Waals surface area contributed by atoms with Crippen LogP contribution in [0.3, 0.4) is 0 Å². The Morgan fingerprint density at radius 3 is 2.00 bits per heavy atom. The summed E-state index contributed by atoms with van der Waals surface area (Å²) >= 11 is 0. The van der Waals surface area contributed by atoms with Crippen molar-refractivity contribution in [3.63, 3.8) is 0 Å². The molecule has 1 atom stereocenters. The van der Waals surface area contributed by atoms with Gasteiger partial charge in [0.1, 0.15) is 5.76 Å². The van der Waals surface area contributed by atoms with E-state index >= 15 is 0 Å². The number of anilines is 1. The first-order chi connectivity index (χ1) is 16.5. The number of Topliss-reactive ketones (excluding diaryl/α,β-unsaturated/α-hetero) is 1. The van der Waals surface area contributed by atoms with Crippen molar-refractivity contribution in [2.24, 2.45) is 5.14 Å². The molecule has 7 nitrogen and oxygen atoms in total. The molecule has 0 saturated carbocycles. The molecule has 0 aliphatic carbocycles. The summed E-state index contributed by atoms with van der Waals surface area (Å²) in [4.78, 5) is 27.6. The van der Waals surface area contributed by atoms with Crippen LogP contribution < -0.4 is 10.0 Å². The lowest BCUT2D eigenvalue weighted by Crippen LogP contribution is -2.29. The second-order valence-electron chi connectivity index (χ2n) is 8.90. The van der Waals surface area contributed by atoms with Crippen molar-refractivity contribution < 1.29 is 23.1 Å². The van der Waals surface area contributed by atoms with Crippen molar-refractivity contribution in [3.05, 3.63) is 101 Å². The summed E-state index contributed by atoms with van der Waals surface area (Å²) in [5, 5.41) is 16.4. The van der Waals surface area contributed by atoms with Crippen LogP contribution in [-0.4, -0.2) is 25.2 Å². The molecule has 0 bridgehead atoms. The van der Waals surface area contributed by atoms with Crippen LogP contribution in [0.5, 0.6) is 0 Å². The summed E-state index contributed by atoms with van der Waals surface area (Å²) in [6, 6.07) is 19.0. The predicted molar refractivity (Wildman–Crippen MR) is 134 cm³/mol. The van der Waals surface area contributed by atoms with E-state index in [2.05, 4.69) is 13.8 Å². The molecule has 0 spiro atoms. The van der Waals surface area contributed by atoms with E-state index in [1.165, 1.54) is 29.2 Å².